The molecule has 0 aliphatic rings. The van der Waals surface area contributed by atoms with Crippen LogP contribution >= 0.6 is 0 Å². The first-order valence-electron chi connectivity index (χ1n) is 4.94. The first-order valence-corrected chi connectivity index (χ1v) is 4.94. The van der Waals surface area contributed by atoms with Crippen molar-refractivity contribution in [1.29, 1.82) is 0 Å². The molecule has 2 aromatic carbocycles. The first-order chi connectivity index (χ1) is 8.11. The summed E-state index contributed by atoms with van der Waals surface area (Å²) in [4.78, 5) is 0. The van der Waals surface area contributed by atoms with E-state index in [9.17, 15) is 13.9 Å². The SMILES string of the molecule is COc1cccc(-c2cc(F)cc(F)c2)c1O. The largest absolute Gasteiger partial charge is 0.504 e. The number of methoxy groups -OCH3 is 1. The molecule has 1 N–H and O–H groups in total. The maximum absolute atomic E-state index is 13.1. The third-order valence-electron chi connectivity index (χ3n) is 2.39. The van der Waals surface area contributed by atoms with E-state index in [0.717, 1.165) is 18.2 Å². The number of phenols is 1. The number of para-hydroxylation sites is 1. The third-order valence-corrected chi connectivity index (χ3v) is 2.39. The van der Waals surface area contributed by atoms with Crippen molar-refractivity contribution in [2.45, 2.75) is 0 Å². The van der Waals surface area contributed by atoms with E-state index in [0.29, 0.717) is 5.56 Å². The second-order valence-electron chi connectivity index (χ2n) is 3.51. The summed E-state index contributed by atoms with van der Waals surface area (Å²) in [5.74, 6) is -1.27. The number of benzene rings is 2. The number of halogens is 2. The van der Waals surface area contributed by atoms with Gasteiger partial charge in [0.05, 0.1) is 7.11 Å². The van der Waals surface area contributed by atoms with Crippen molar-refractivity contribution >= 4 is 0 Å². The average Bonchev–Trinajstić information content (AvgIpc) is 2.28. The highest BCUT2D eigenvalue weighted by molar-refractivity contribution is 5.73. The van der Waals surface area contributed by atoms with Crippen LogP contribution in [-0.2, 0) is 0 Å². The van der Waals surface area contributed by atoms with Crippen LogP contribution in [0.5, 0.6) is 11.5 Å². The van der Waals surface area contributed by atoms with E-state index in [2.05, 4.69) is 0 Å². The second kappa shape index (κ2) is 4.41. The second-order valence-corrected chi connectivity index (χ2v) is 3.51. The van der Waals surface area contributed by atoms with Crippen LogP contribution in [0.25, 0.3) is 11.1 Å². The molecule has 0 radical (unpaired) electrons. The van der Waals surface area contributed by atoms with Crippen LogP contribution in [0.4, 0.5) is 8.78 Å². The number of phenolic OH excluding ortho intramolecular Hbond substituents is 1. The Morgan fingerprint density at radius 2 is 1.71 bits per heavy atom. The number of rotatable bonds is 2. The molecule has 0 aliphatic heterocycles. The Bertz CT molecular complexity index is 533. The van der Waals surface area contributed by atoms with Crippen molar-refractivity contribution in [2.24, 2.45) is 0 Å². The van der Waals surface area contributed by atoms with Crippen molar-refractivity contribution in [2.75, 3.05) is 7.11 Å². The Hall–Kier alpha value is -2.10. The lowest BCUT2D eigenvalue weighted by molar-refractivity contribution is 0.374. The van der Waals surface area contributed by atoms with E-state index < -0.39 is 11.6 Å². The van der Waals surface area contributed by atoms with Crippen LogP contribution in [0.2, 0.25) is 0 Å². The van der Waals surface area contributed by atoms with Gasteiger partial charge in [-0.1, -0.05) is 12.1 Å². The molecule has 0 unspecified atom stereocenters. The molecule has 0 fully saturated rings. The zero-order valence-electron chi connectivity index (χ0n) is 9.08. The van der Waals surface area contributed by atoms with Crippen LogP contribution in [0.3, 0.4) is 0 Å². The van der Waals surface area contributed by atoms with Gasteiger partial charge in [-0.15, -0.1) is 0 Å². The number of ether oxygens (including phenoxy) is 1. The molecule has 0 amide bonds. The maximum Gasteiger partial charge on any atom is 0.165 e. The molecule has 0 bridgehead atoms. The molecule has 2 rings (SSSR count). The number of hydrogen-bond acceptors (Lipinski definition) is 2. The lowest BCUT2D eigenvalue weighted by Gasteiger charge is -2.09. The van der Waals surface area contributed by atoms with Crippen molar-refractivity contribution in [3.05, 3.63) is 48.0 Å². The van der Waals surface area contributed by atoms with Gasteiger partial charge in [-0.05, 0) is 23.8 Å². The molecule has 2 nitrogen and oxygen atoms in total. The van der Waals surface area contributed by atoms with Gasteiger partial charge in [0.15, 0.2) is 11.5 Å². The van der Waals surface area contributed by atoms with Gasteiger partial charge in [0.25, 0.3) is 0 Å². The minimum Gasteiger partial charge on any atom is -0.504 e. The van der Waals surface area contributed by atoms with Gasteiger partial charge in [-0.3, -0.25) is 0 Å². The monoisotopic (exact) mass is 236 g/mol. The summed E-state index contributed by atoms with van der Waals surface area (Å²) in [6.45, 7) is 0. The molecular weight excluding hydrogens is 226 g/mol. The summed E-state index contributed by atoms with van der Waals surface area (Å²) in [5.41, 5.74) is 0.585. The number of aromatic hydroxyl groups is 1. The summed E-state index contributed by atoms with van der Waals surface area (Å²) in [5, 5.41) is 9.85. The van der Waals surface area contributed by atoms with E-state index in [1.807, 2.05) is 0 Å². The molecule has 0 aliphatic carbocycles. The summed E-state index contributed by atoms with van der Waals surface area (Å²) in [6.07, 6.45) is 0. The molecule has 4 heteroatoms. The highest BCUT2D eigenvalue weighted by atomic mass is 19.1. The predicted octanol–water partition coefficient (Wildman–Crippen LogP) is 3.35. The molecule has 0 saturated carbocycles. The van der Waals surface area contributed by atoms with Crippen molar-refractivity contribution < 1.29 is 18.6 Å². The van der Waals surface area contributed by atoms with E-state index in [4.69, 9.17) is 4.74 Å². The Kier molecular flexibility index (Phi) is 2.95. The molecule has 17 heavy (non-hydrogen) atoms. The zero-order chi connectivity index (χ0) is 12.4. The van der Waals surface area contributed by atoms with Gasteiger partial charge in [-0.25, -0.2) is 8.78 Å². The Morgan fingerprint density at radius 1 is 1.06 bits per heavy atom. The van der Waals surface area contributed by atoms with Gasteiger partial charge < -0.3 is 9.84 Å². The van der Waals surface area contributed by atoms with E-state index >= 15 is 0 Å². The average molecular weight is 236 g/mol. The molecule has 0 spiro atoms. The van der Waals surface area contributed by atoms with Crippen LogP contribution in [0.15, 0.2) is 36.4 Å². The van der Waals surface area contributed by atoms with E-state index in [1.54, 1.807) is 18.2 Å². The highest BCUT2D eigenvalue weighted by Crippen LogP contribution is 2.37. The fraction of sp³-hybridized carbons (Fsp3) is 0.0769. The van der Waals surface area contributed by atoms with Crippen molar-refractivity contribution in [3.8, 4) is 22.6 Å². The maximum atomic E-state index is 13.1. The lowest BCUT2D eigenvalue weighted by Crippen LogP contribution is -1.88. The van der Waals surface area contributed by atoms with Gasteiger partial charge >= 0.3 is 0 Å². The highest BCUT2D eigenvalue weighted by Gasteiger charge is 2.11. The molecule has 2 aromatic rings. The van der Waals surface area contributed by atoms with Crippen LogP contribution in [0, 0.1) is 11.6 Å². The van der Waals surface area contributed by atoms with Gasteiger partial charge in [0.2, 0.25) is 0 Å². The minimum absolute atomic E-state index is 0.139. The molecule has 0 saturated heterocycles. The van der Waals surface area contributed by atoms with Crippen molar-refractivity contribution in [3.63, 3.8) is 0 Å². The van der Waals surface area contributed by atoms with E-state index in [1.165, 1.54) is 7.11 Å². The molecule has 0 heterocycles. The smallest absolute Gasteiger partial charge is 0.165 e. The van der Waals surface area contributed by atoms with Crippen LogP contribution < -0.4 is 4.74 Å². The topological polar surface area (TPSA) is 29.5 Å². The molecule has 0 atom stereocenters. The summed E-state index contributed by atoms with van der Waals surface area (Å²) >= 11 is 0. The fourth-order valence-corrected chi connectivity index (χ4v) is 1.63. The first kappa shape index (κ1) is 11.4. The Labute approximate surface area is 97.1 Å². The third kappa shape index (κ3) is 2.20. The minimum atomic E-state index is -0.692. The van der Waals surface area contributed by atoms with E-state index in [-0.39, 0.29) is 17.1 Å². The van der Waals surface area contributed by atoms with Crippen LogP contribution in [-0.4, -0.2) is 12.2 Å². The Balaban J connectivity index is 2.60. The molecule has 0 aromatic heterocycles. The van der Waals surface area contributed by atoms with Gasteiger partial charge in [0, 0.05) is 11.6 Å². The lowest BCUT2D eigenvalue weighted by atomic mass is 10.0. The standard InChI is InChI=1S/C13H10F2O2/c1-17-12-4-2-3-11(13(12)16)8-5-9(14)7-10(15)6-8/h2-7,16H,1H3. The zero-order valence-corrected chi connectivity index (χ0v) is 9.08. The molecule has 88 valence electrons. The van der Waals surface area contributed by atoms with Crippen LogP contribution in [0.1, 0.15) is 0 Å². The normalized spacial score (nSPS) is 10.3. The van der Waals surface area contributed by atoms with Gasteiger partial charge in [0.1, 0.15) is 11.6 Å². The Morgan fingerprint density at radius 3 is 2.29 bits per heavy atom. The summed E-state index contributed by atoms with van der Waals surface area (Å²) < 4.78 is 31.1. The molecular formula is C13H10F2O2. The summed E-state index contributed by atoms with van der Waals surface area (Å²) in [7, 11) is 1.41. The summed E-state index contributed by atoms with van der Waals surface area (Å²) in [6, 6.07) is 7.84. The van der Waals surface area contributed by atoms with Crippen molar-refractivity contribution in [1.82, 2.24) is 0 Å². The van der Waals surface area contributed by atoms with Gasteiger partial charge in [-0.2, -0.15) is 0 Å². The fourth-order valence-electron chi connectivity index (χ4n) is 1.63. The number of hydrogen-bond donors (Lipinski definition) is 1. The quantitative estimate of drug-likeness (QED) is 0.866. The predicted molar refractivity (Wildman–Crippen MR) is 60.0 cm³/mol.